The first-order valence-corrected chi connectivity index (χ1v) is 8.56. The van der Waals surface area contributed by atoms with Crippen LogP contribution in [0.4, 0.5) is 0 Å². The zero-order valence-electron chi connectivity index (χ0n) is 13.5. The fourth-order valence-corrected chi connectivity index (χ4v) is 3.39. The van der Waals surface area contributed by atoms with Crippen LogP contribution in [0.5, 0.6) is 0 Å². The Hall–Kier alpha value is -0.570. The van der Waals surface area contributed by atoms with Gasteiger partial charge in [0.25, 0.3) is 0 Å². The molecule has 1 amide bonds. The summed E-state index contributed by atoms with van der Waals surface area (Å²) in [4.78, 5) is 12.0. The molecule has 0 heterocycles. The van der Waals surface area contributed by atoms with Crippen LogP contribution in [0.25, 0.3) is 0 Å². The second kappa shape index (κ2) is 9.38. The van der Waals surface area contributed by atoms with Crippen molar-refractivity contribution >= 4 is 5.91 Å². The normalized spacial score (nSPS) is 19.6. The highest BCUT2D eigenvalue weighted by molar-refractivity contribution is 5.75. The minimum Gasteiger partial charge on any atom is -0.356 e. The summed E-state index contributed by atoms with van der Waals surface area (Å²) in [7, 11) is 0. The van der Waals surface area contributed by atoms with Crippen LogP contribution < -0.4 is 11.1 Å². The lowest BCUT2D eigenvalue weighted by molar-refractivity contribution is -0.122. The Morgan fingerprint density at radius 1 is 1.20 bits per heavy atom. The molecule has 0 saturated heterocycles. The van der Waals surface area contributed by atoms with Crippen molar-refractivity contribution in [2.75, 3.05) is 13.1 Å². The van der Waals surface area contributed by atoms with Crippen LogP contribution in [0, 0.1) is 11.3 Å². The van der Waals surface area contributed by atoms with Crippen LogP contribution in [0.1, 0.15) is 78.1 Å². The average Bonchev–Trinajstić information content (AvgIpc) is 2.44. The van der Waals surface area contributed by atoms with Crippen molar-refractivity contribution in [2.24, 2.45) is 17.1 Å². The molecular formula is C17H34N2O. The summed E-state index contributed by atoms with van der Waals surface area (Å²) in [6.45, 7) is 6.12. The van der Waals surface area contributed by atoms with Crippen LogP contribution in [0.15, 0.2) is 0 Å². The molecule has 0 aromatic carbocycles. The van der Waals surface area contributed by atoms with E-state index < -0.39 is 0 Å². The molecule has 1 unspecified atom stereocenters. The number of carbonyl (C=O) groups excluding carboxylic acids is 1. The van der Waals surface area contributed by atoms with Crippen molar-refractivity contribution in [1.82, 2.24) is 5.32 Å². The van der Waals surface area contributed by atoms with Crippen LogP contribution in [0.3, 0.4) is 0 Å². The molecule has 1 fully saturated rings. The Balaban J connectivity index is 2.21. The molecule has 0 aliphatic heterocycles. The number of hydrogen-bond donors (Lipinski definition) is 2. The number of nitrogens with two attached hydrogens (primary N) is 1. The standard InChI is InChI=1S/C17H34N2O/c1-3-7-15(10-13-18)8-9-16(20)19-14-17(2)11-5-4-6-12-17/h15H,3-14,18H2,1-2H3,(H,19,20). The number of nitrogens with one attached hydrogen (secondary N) is 1. The van der Waals surface area contributed by atoms with Gasteiger partial charge in [0.05, 0.1) is 0 Å². The Morgan fingerprint density at radius 3 is 2.50 bits per heavy atom. The maximum absolute atomic E-state index is 12.0. The van der Waals surface area contributed by atoms with E-state index in [4.69, 9.17) is 5.73 Å². The Morgan fingerprint density at radius 2 is 1.90 bits per heavy atom. The minimum atomic E-state index is 0.231. The smallest absolute Gasteiger partial charge is 0.220 e. The highest BCUT2D eigenvalue weighted by Crippen LogP contribution is 2.34. The van der Waals surface area contributed by atoms with Gasteiger partial charge in [0.2, 0.25) is 5.91 Å². The van der Waals surface area contributed by atoms with Crippen molar-refractivity contribution in [2.45, 2.75) is 78.1 Å². The predicted octanol–water partition coefficient (Wildman–Crippen LogP) is 3.62. The van der Waals surface area contributed by atoms with Crippen molar-refractivity contribution in [3.8, 4) is 0 Å². The van der Waals surface area contributed by atoms with Crippen LogP contribution >= 0.6 is 0 Å². The van der Waals surface area contributed by atoms with Crippen LogP contribution in [-0.4, -0.2) is 19.0 Å². The minimum absolute atomic E-state index is 0.231. The molecular weight excluding hydrogens is 248 g/mol. The number of rotatable bonds is 9. The highest BCUT2D eigenvalue weighted by atomic mass is 16.1. The molecule has 1 aliphatic carbocycles. The summed E-state index contributed by atoms with van der Waals surface area (Å²) >= 11 is 0. The van der Waals surface area contributed by atoms with Gasteiger partial charge >= 0.3 is 0 Å². The molecule has 3 nitrogen and oxygen atoms in total. The van der Waals surface area contributed by atoms with E-state index in [0.29, 0.717) is 17.8 Å². The van der Waals surface area contributed by atoms with Crippen molar-refractivity contribution in [3.05, 3.63) is 0 Å². The number of hydrogen-bond acceptors (Lipinski definition) is 2. The lowest BCUT2D eigenvalue weighted by atomic mass is 9.76. The van der Waals surface area contributed by atoms with E-state index in [1.54, 1.807) is 0 Å². The molecule has 0 radical (unpaired) electrons. The van der Waals surface area contributed by atoms with Crippen molar-refractivity contribution in [3.63, 3.8) is 0 Å². The largest absolute Gasteiger partial charge is 0.356 e. The van der Waals surface area contributed by atoms with Crippen molar-refractivity contribution < 1.29 is 4.79 Å². The fraction of sp³-hybridized carbons (Fsp3) is 0.941. The number of carbonyl (C=O) groups is 1. The zero-order valence-corrected chi connectivity index (χ0v) is 13.5. The highest BCUT2D eigenvalue weighted by Gasteiger charge is 2.27. The molecule has 1 saturated carbocycles. The topological polar surface area (TPSA) is 55.1 Å². The van der Waals surface area contributed by atoms with Gasteiger partial charge in [-0.15, -0.1) is 0 Å². The average molecular weight is 282 g/mol. The van der Waals surface area contributed by atoms with Crippen LogP contribution in [-0.2, 0) is 4.79 Å². The van der Waals surface area contributed by atoms with E-state index in [-0.39, 0.29) is 5.91 Å². The molecule has 0 aromatic heterocycles. The van der Waals surface area contributed by atoms with E-state index in [1.165, 1.54) is 44.9 Å². The Kier molecular flexibility index (Phi) is 8.20. The van der Waals surface area contributed by atoms with E-state index in [1.807, 2.05) is 0 Å². The number of amides is 1. The summed E-state index contributed by atoms with van der Waals surface area (Å²) < 4.78 is 0. The molecule has 1 aliphatic rings. The SMILES string of the molecule is CCCC(CCN)CCC(=O)NCC1(C)CCCCC1. The van der Waals surface area contributed by atoms with Gasteiger partial charge in [-0.25, -0.2) is 0 Å². The second-order valence-corrected chi connectivity index (χ2v) is 6.92. The van der Waals surface area contributed by atoms with Gasteiger partial charge < -0.3 is 11.1 Å². The quantitative estimate of drug-likeness (QED) is 0.678. The van der Waals surface area contributed by atoms with Gasteiger partial charge in [-0.3, -0.25) is 4.79 Å². The van der Waals surface area contributed by atoms with Gasteiger partial charge in [0.15, 0.2) is 0 Å². The third-order valence-electron chi connectivity index (χ3n) is 4.82. The lowest BCUT2D eigenvalue weighted by Crippen LogP contribution is -2.37. The fourth-order valence-electron chi connectivity index (χ4n) is 3.39. The lowest BCUT2D eigenvalue weighted by Gasteiger charge is -2.33. The van der Waals surface area contributed by atoms with Crippen LogP contribution in [0.2, 0.25) is 0 Å². The summed E-state index contributed by atoms with van der Waals surface area (Å²) in [5, 5.41) is 3.16. The molecule has 0 spiro atoms. The van der Waals surface area contributed by atoms with E-state index >= 15 is 0 Å². The predicted molar refractivity (Wildman–Crippen MR) is 85.5 cm³/mol. The maximum atomic E-state index is 12.0. The van der Waals surface area contributed by atoms with E-state index in [0.717, 1.165) is 25.9 Å². The summed E-state index contributed by atoms with van der Waals surface area (Å²) in [6, 6.07) is 0. The van der Waals surface area contributed by atoms with Gasteiger partial charge in [-0.1, -0.05) is 46.0 Å². The van der Waals surface area contributed by atoms with E-state index in [9.17, 15) is 4.79 Å². The van der Waals surface area contributed by atoms with E-state index in [2.05, 4.69) is 19.2 Å². The summed E-state index contributed by atoms with van der Waals surface area (Å²) in [6.07, 6.45) is 11.6. The summed E-state index contributed by atoms with van der Waals surface area (Å²) in [5.74, 6) is 0.857. The summed E-state index contributed by atoms with van der Waals surface area (Å²) in [5.41, 5.74) is 5.98. The maximum Gasteiger partial charge on any atom is 0.220 e. The van der Waals surface area contributed by atoms with Gasteiger partial charge in [0, 0.05) is 13.0 Å². The molecule has 1 atom stereocenters. The first kappa shape index (κ1) is 17.5. The molecule has 0 aromatic rings. The molecule has 118 valence electrons. The van der Waals surface area contributed by atoms with Gasteiger partial charge in [-0.2, -0.15) is 0 Å². The van der Waals surface area contributed by atoms with Gasteiger partial charge in [0.1, 0.15) is 0 Å². The third-order valence-corrected chi connectivity index (χ3v) is 4.82. The monoisotopic (exact) mass is 282 g/mol. The van der Waals surface area contributed by atoms with Gasteiger partial charge in [-0.05, 0) is 43.6 Å². The molecule has 1 rings (SSSR count). The molecule has 3 heteroatoms. The Bertz CT molecular complexity index is 266. The molecule has 3 N–H and O–H groups in total. The third kappa shape index (κ3) is 6.74. The molecule has 0 bridgehead atoms. The second-order valence-electron chi connectivity index (χ2n) is 6.92. The first-order chi connectivity index (χ1) is 9.59. The zero-order chi connectivity index (χ0) is 14.8. The first-order valence-electron chi connectivity index (χ1n) is 8.56. The molecule has 20 heavy (non-hydrogen) atoms. The Labute approximate surface area is 125 Å². The van der Waals surface area contributed by atoms with Crippen molar-refractivity contribution in [1.29, 1.82) is 0 Å².